The van der Waals surface area contributed by atoms with Crippen molar-refractivity contribution in [3.8, 4) is 0 Å². The highest BCUT2D eigenvalue weighted by Crippen LogP contribution is 2.09. The lowest BCUT2D eigenvalue weighted by Gasteiger charge is -2.07. The van der Waals surface area contributed by atoms with E-state index in [9.17, 15) is 9.18 Å². The third-order valence-corrected chi connectivity index (χ3v) is 2.71. The highest BCUT2D eigenvalue weighted by molar-refractivity contribution is 5.73. The van der Waals surface area contributed by atoms with E-state index in [0.29, 0.717) is 26.1 Å². The number of carbonyl (C=O) groups is 1. The minimum Gasteiger partial charge on any atom is -0.383 e. The monoisotopic (exact) mass is 268 g/mol. The van der Waals surface area contributed by atoms with Gasteiger partial charge < -0.3 is 15.4 Å². The van der Waals surface area contributed by atoms with Crippen LogP contribution in [-0.4, -0.2) is 32.8 Å². The Morgan fingerprint density at radius 1 is 1.21 bits per heavy atom. The summed E-state index contributed by atoms with van der Waals surface area (Å²) in [7, 11) is 1.59. The second-order valence-corrected chi connectivity index (χ2v) is 4.22. The molecule has 1 aromatic carbocycles. The van der Waals surface area contributed by atoms with Gasteiger partial charge in [0.05, 0.1) is 6.61 Å². The summed E-state index contributed by atoms with van der Waals surface area (Å²) in [5, 5.41) is 5.41. The van der Waals surface area contributed by atoms with Crippen LogP contribution in [0.4, 0.5) is 9.18 Å². The number of urea groups is 1. The fourth-order valence-electron chi connectivity index (χ4n) is 1.67. The summed E-state index contributed by atoms with van der Waals surface area (Å²) < 4.78 is 18.1. The average Bonchev–Trinajstić information content (AvgIpc) is 2.41. The van der Waals surface area contributed by atoms with Crippen molar-refractivity contribution in [1.82, 2.24) is 10.6 Å². The minimum atomic E-state index is -0.192. The molecule has 5 heteroatoms. The standard InChI is InChI=1S/C14H21FN2O2/c1-19-11-10-17-14(18)16-9-5-4-7-12-6-2-3-8-13(12)15/h2-3,6,8H,4-5,7,9-11H2,1H3,(H2,16,17,18). The number of hydrogen-bond donors (Lipinski definition) is 2. The second kappa shape index (κ2) is 9.33. The molecular formula is C14H21FN2O2. The van der Waals surface area contributed by atoms with Gasteiger partial charge in [0.15, 0.2) is 0 Å². The van der Waals surface area contributed by atoms with E-state index in [1.807, 2.05) is 6.07 Å². The molecule has 0 aliphatic rings. The zero-order chi connectivity index (χ0) is 13.9. The van der Waals surface area contributed by atoms with E-state index in [2.05, 4.69) is 10.6 Å². The Morgan fingerprint density at radius 2 is 1.95 bits per heavy atom. The van der Waals surface area contributed by atoms with Crippen molar-refractivity contribution in [3.05, 3.63) is 35.6 Å². The number of carbonyl (C=O) groups excluding carboxylic acids is 1. The molecule has 106 valence electrons. The number of aryl methyl sites for hydroxylation is 1. The summed E-state index contributed by atoms with van der Waals surface area (Å²) in [6, 6.07) is 6.59. The summed E-state index contributed by atoms with van der Waals surface area (Å²) in [5.41, 5.74) is 0.729. The van der Waals surface area contributed by atoms with Gasteiger partial charge in [-0.05, 0) is 30.9 Å². The van der Waals surface area contributed by atoms with E-state index >= 15 is 0 Å². The molecular weight excluding hydrogens is 247 g/mol. The number of halogens is 1. The first kappa shape index (κ1) is 15.4. The molecule has 0 aromatic heterocycles. The number of rotatable bonds is 8. The van der Waals surface area contributed by atoms with Crippen molar-refractivity contribution in [1.29, 1.82) is 0 Å². The van der Waals surface area contributed by atoms with Crippen LogP contribution < -0.4 is 10.6 Å². The number of unbranched alkanes of at least 4 members (excludes halogenated alkanes) is 1. The quantitative estimate of drug-likeness (QED) is 0.709. The molecule has 1 aromatic rings. The first-order valence-corrected chi connectivity index (χ1v) is 6.48. The SMILES string of the molecule is COCCNC(=O)NCCCCc1ccccc1F. The molecule has 2 N–H and O–H groups in total. The van der Waals surface area contributed by atoms with Gasteiger partial charge >= 0.3 is 6.03 Å². The summed E-state index contributed by atoms with van der Waals surface area (Å²) in [6.45, 7) is 1.59. The van der Waals surface area contributed by atoms with Crippen LogP contribution in [0.15, 0.2) is 24.3 Å². The Kier molecular flexibility index (Phi) is 7.58. The van der Waals surface area contributed by atoms with Crippen molar-refractivity contribution in [2.45, 2.75) is 19.3 Å². The second-order valence-electron chi connectivity index (χ2n) is 4.22. The summed E-state index contributed by atoms with van der Waals surface area (Å²) in [5.74, 6) is -0.159. The van der Waals surface area contributed by atoms with Crippen LogP contribution in [0.3, 0.4) is 0 Å². The van der Waals surface area contributed by atoms with Crippen LogP contribution in [0.5, 0.6) is 0 Å². The number of hydrogen-bond acceptors (Lipinski definition) is 2. The summed E-state index contributed by atoms with van der Waals surface area (Å²) in [4.78, 5) is 11.3. The Hall–Kier alpha value is -1.62. The van der Waals surface area contributed by atoms with Gasteiger partial charge in [-0.2, -0.15) is 0 Å². The molecule has 1 rings (SSSR count). The molecule has 0 saturated heterocycles. The largest absolute Gasteiger partial charge is 0.383 e. The molecule has 0 aliphatic heterocycles. The van der Waals surface area contributed by atoms with E-state index in [4.69, 9.17) is 4.74 Å². The molecule has 0 atom stereocenters. The van der Waals surface area contributed by atoms with Crippen LogP contribution in [-0.2, 0) is 11.2 Å². The number of ether oxygens (including phenoxy) is 1. The maximum atomic E-state index is 13.3. The van der Waals surface area contributed by atoms with E-state index in [-0.39, 0.29) is 11.8 Å². The first-order chi connectivity index (χ1) is 9.24. The van der Waals surface area contributed by atoms with Gasteiger partial charge in [0, 0.05) is 20.2 Å². The molecule has 4 nitrogen and oxygen atoms in total. The highest BCUT2D eigenvalue weighted by atomic mass is 19.1. The van der Waals surface area contributed by atoms with E-state index in [1.165, 1.54) is 6.07 Å². The number of nitrogens with one attached hydrogen (secondary N) is 2. The van der Waals surface area contributed by atoms with Crippen molar-refractivity contribution in [3.63, 3.8) is 0 Å². The molecule has 2 amide bonds. The van der Waals surface area contributed by atoms with Crippen molar-refractivity contribution in [2.75, 3.05) is 26.8 Å². The first-order valence-electron chi connectivity index (χ1n) is 6.48. The molecule has 0 aliphatic carbocycles. The third kappa shape index (κ3) is 6.76. The number of benzene rings is 1. The lowest BCUT2D eigenvalue weighted by atomic mass is 10.1. The van der Waals surface area contributed by atoms with Crippen LogP contribution >= 0.6 is 0 Å². The number of methoxy groups -OCH3 is 1. The van der Waals surface area contributed by atoms with Crippen LogP contribution in [0.2, 0.25) is 0 Å². The molecule has 0 saturated carbocycles. The Labute approximate surface area is 113 Å². The molecule has 0 bridgehead atoms. The lowest BCUT2D eigenvalue weighted by Crippen LogP contribution is -2.37. The zero-order valence-corrected chi connectivity index (χ0v) is 11.2. The predicted octanol–water partition coefficient (Wildman–Crippen LogP) is 2.09. The Morgan fingerprint density at radius 3 is 2.68 bits per heavy atom. The van der Waals surface area contributed by atoms with Gasteiger partial charge in [-0.25, -0.2) is 9.18 Å². The van der Waals surface area contributed by atoms with Gasteiger partial charge in [-0.1, -0.05) is 18.2 Å². The lowest BCUT2D eigenvalue weighted by molar-refractivity contribution is 0.196. The molecule has 0 heterocycles. The van der Waals surface area contributed by atoms with Gasteiger partial charge in [0.2, 0.25) is 0 Å². The minimum absolute atomic E-state index is 0.159. The topological polar surface area (TPSA) is 50.4 Å². The molecule has 0 radical (unpaired) electrons. The fourth-order valence-corrected chi connectivity index (χ4v) is 1.67. The van der Waals surface area contributed by atoms with E-state index < -0.39 is 0 Å². The number of amides is 2. The van der Waals surface area contributed by atoms with Crippen molar-refractivity contribution >= 4 is 6.03 Å². The van der Waals surface area contributed by atoms with Gasteiger partial charge in [-0.3, -0.25) is 0 Å². The van der Waals surface area contributed by atoms with Crippen molar-refractivity contribution in [2.24, 2.45) is 0 Å². The van der Waals surface area contributed by atoms with Crippen LogP contribution in [0.25, 0.3) is 0 Å². The zero-order valence-electron chi connectivity index (χ0n) is 11.2. The molecule has 0 fully saturated rings. The maximum Gasteiger partial charge on any atom is 0.314 e. The highest BCUT2D eigenvalue weighted by Gasteiger charge is 2.01. The normalized spacial score (nSPS) is 10.2. The fraction of sp³-hybridized carbons (Fsp3) is 0.500. The van der Waals surface area contributed by atoms with Gasteiger partial charge in [0.25, 0.3) is 0 Å². The predicted molar refractivity (Wildman–Crippen MR) is 72.6 cm³/mol. The van der Waals surface area contributed by atoms with E-state index in [0.717, 1.165) is 18.4 Å². The molecule has 0 unspecified atom stereocenters. The maximum absolute atomic E-state index is 13.3. The van der Waals surface area contributed by atoms with E-state index in [1.54, 1.807) is 19.2 Å². The van der Waals surface area contributed by atoms with Gasteiger partial charge in [-0.15, -0.1) is 0 Å². The summed E-state index contributed by atoms with van der Waals surface area (Å²) in [6.07, 6.45) is 2.37. The third-order valence-electron chi connectivity index (χ3n) is 2.71. The van der Waals surface area contributed by atoms with Crippen LogP contribution in [0, 0.1) is 5.82 Å². The van der Waals surface area contributed by atoms with Gasteiger partial charge in [0.1, 0.15) is 5.82 Å². The molecule has 19 heavy (non-hydrogen) atoms. The smallest absolute Gasteiger partial charge is 0.314 e. The average molecular weight is 268 g/mol. The Bertz CT molecular complexity index is 385. The Balaban J connectivity index is 2.05. The summed E-state index contributed by atoms with van der Waals surface area (Å²) >= 11 is 0. The van der Waals surface area contributed by atoms with Crippen LogP contribution in [0.1, 0.15) is 18.4 Å². The van der Waals surface area contributed by atoms with Crippen molar-refractivity contribution < 1.29 is 13.9 Å². The molecule has 0 spiro atoms.